The van der Waals surface area contributed by atoms with Gasteiger partial charge in [-0.25, -0.2) is 19.9 Å². The van der Waals surface area contributed by atoms with Crippen molar-refractivity contribution in [2.75, 3.05) is 0 Å². The maximum absolute atomic E-state index is 5.28. The summed E-state index contributed by atoms with van der Waals surface area (Å²) in [6, 6.07) is 38.8. The largest absolute Gasteiger partial charge is 0.258 e. The minimum atomic E-state index is 0.0287. The molecule has 0 amide bonds. The summed E-state index contributed by atoms with van der Waals surface area (Å²) in [5, 5.41) is 0. The Morgan fingerprint density at radius 2 is 1.30 bits per heavy atom. The zero-order valence-corrected chi connectivity index (χ0v) is 32.3. The molecule has 53 heavy (non-hydrogen) atoms. The van der Waals surface area contributed by atoms with E-state index in [4.69, 9.17) is 24.9 Å². The van der Waals surface area contributed by atoms with E-state index in [2.05, 4.69) is 109 Å². The first-order valence-electron chi connectivity index (χ1n) is 17.9. The maximum atomic E-state index is 5.28. The number of benzene rings is 4. The highest BCUT2D eigenvalue weighted by Crippen LogP contribution is 2.28. The summed E-state index contributed by atoms with van der Waals surface area (Å²) in [4.78, 5) is 25.0. The molecule has 1 heterocycles. The van der Waals surface area contributed by atoms with Gasteiger partial charge in [0.1, 0.15) is 3.72 Å². The Kier molecular flexibility index (Phi) is 13.2. The molecule has 1 aliphatic rings. The van der Waals surface area contributed by atoms with Crippen LogP contribution in [-0.4, -0.2) is 24.5 Å². The molecule has 0 aliphatic heterocycles. The maximum Gasteiger partial charge on any atom is 0.164 e. The van der Waals surface area contributed by atoms with Crippen molar-refractivity contribution < 1.29 is 0 Å². The van der Waals surface area contributed by atoms with Crippen molar-refractivity contribution in [3.05, 3.63) is 193 Å². The van der Waals surface area contributed by atoms with Crippen LogP contribution in [0.25, 0.3) is 39.7 Å². The SMILES string of the molecule is C=C(/C=C\C(=C/C)C(I)=NC(=NC(CCC)c1ccccc1)C1=CC=CC=CC1)c1ccc(-c2nc(-c3ccccc3)nc(-c3ccccc3)n2)cc1. The molecule has 0 saturated heterocycles. The summed E-state index contributed by atoms with van der Waals surface area (Å²) in [5.74, 6) is 2.66. The number of aromatic nitrogens is 3. The third-order valence-corrected chi connectivity index (χ3v) is 9.60. The highest BCUT2D eigenvalue weighted by atomic mass is 127. The average molecular weight is 804 g/mol. The number of rotatable bonds is 12. The van der Waals surface area contributed by atoms with E-state index >= 15 is 0 Å². The van der Waals surface area contributed by atoms with E-state index in [0.29, 0.717) is 17.5 Å². The van der Waals surface area contributed by atoms with Crippen molar-refractivity contribution in [1.82, 2.24) is 15.0 Å². The van der Waals surface area contributed by atoms with E-state index in [1.165, 1.54) is 5.56 Å². The Labute approximate surface area is 327 Å². The van der Waals surface area contributed by atoms with Gasteiger partial charge in [0.25, 0.3) is 0 Å². The number of nitrogens with zero attached hydrogens (tertiary/aromatic N) is 5. The molecule has 5 nitrogen and oxygen atoms in total. The molecule has 0 fully saturated rings. The van der Waals surface area contributed by atoms with Crippen molar-refractivity contribution >= 4 is 37.7 Å². The van der Waals surface area contributed by atoms with E-state index in [1.54, 1.807) is 0 Å². The molecule has 1 aliphatic carbocycles. The van der Waals surface area contributed by atoms with Gasteiger partial charge in [-0.2, -0.15) is 0 Å². The highest BCUT2D eigenvalue weighted by Gasteiger charge is 2.15. The molecule has 0 spiro atoms. The summed E-state index contributed by atoms with van der Waals surface area (Å²) in [7, 11) is 0. The molecule has 0 bridgehead atoms. The lowest BCUT2D eigenvalue weighted by Crippen LogP contribution is -2.07. The molecule has 6 heteroatoms. The number of hydrogen-bond acceptors (Lipinski definition) is 4. The summed E-state index contributed by atoms with van der Waals surface area (Å²) >= 11 is 2.33. The first-order valence-corrected chi connectivity index (χ1v) is 19.0. The number of aliphatic imine (C=N–C) groups is 2. The molecular formula is C47H42IN5. The standard InChI is InChI=1S/C47H42IN5/c1-4-19-42(37-20-13-8-14-21-37)49-44(38-22-11-6-7-12-23-38)50-43(48)35(5-2)29-28-34(3)36-30-32-41(33-31-36)47-52-45(39-24-15-9-16-25-39)51-46(53-47)40-26-17-10-18-27-40/h5-18,20-22,24-33,42H,3-4,19,23H2,1-2H3/b29-28-,35-5+,49-44?,50-43?. The fourth-order valence-electron chi connectivity index (χ4n) is 5.83. The second-order valence-electron chi connectivity index (χ2n) is 12.5. The van der Waals surface area contributed by atoms with Gasteiger partial charge in [-0.3, -0.25) is 4.99 Å². The third-order valence-electron chi connectivity index (χ3n) is 8.74. The van der Waals surface area contributed by atoms with Crippen LogP contribution in [0, 0.1) is 0 Å². The summed E-state index contributed by atoms with van der Waals surface area (Å²) < 4.78 is 0.864. The van der Waals surface area contributed by atoms with Crippen molar-refractivity contribution in [2.45, 2.75) is 39.2 Å². The molecule has 5 aromatic rings. The van der Waals surface area contributed by atoms with E-state index in [0.717, 1.165) is 67.8 Å². The fourth-order valence-corrected chi connectivity index (χ4v) is 6.55. The molecule has 262 valence electrons. The molecule has 4 aromatic carbocycles. The Morgan fingerprint density at radius 3 is 1.87 bits per heavy atom. The Bertz CT molecular complexity index is 2170. The van der Waals surface area contributed by atoms with Crippen LogP contribution in [-0.2, 0) is 0 Å². The second kappa shape index (κ2) is 18.8. The third kappa shape index (κ3) is 10.1. The van der Waals surface area contributed by atoms with Gasteiger partial charge in [0.2, 0.25) is 0 Å². The lowest BCUT2D eigenvalue weighted by Gasteiger charge is -2.15. The van der Waals surface area contributed by atoms with Crippen molar-refractivity contribution in [1.29, 1.82) is 0 Å². The van der Waals surface area contributed by atoms with E-state index in [9.17, 15) is 0 Å². The van der Waals surface area contributed by atoms with E-state index < -0.39 is 0 Å². The van der Waals surface area contributed by atoms with Gasteiger partial charge in [0.05, 0.1) is 6.04 Å². The van der Waals surface area contributed by atoms with Crippen LogP contribution in [0.2, 0.25) is 0 Å². The zero-order valence-electron chi connectivity index (χ0n) is 30.1. The summed E-state index contributed by atoms with van der Waals surface area (Å²) in [5.41, 5.74) is 7.96. The number of amidine groups is 1. The van der Waals surface area contributed by atoms with Gasteiger partial charge in [-0.1, -0.05) is 184 Å². The van der Waals surface area contributed by atoms with Crippen LogP contribution < -0.4 is 0 Å². The number of hydrogen-bond donors (Lipinski definition) is 0. The predicted octanol–water partition coefficient (Wildman–Crippen LogP) is 12.6. The van der Waals surface area contributed by atoms with Gasteiger partial charge in [-0.15, -0.1) is 0 Å². The van der Waals surface area contributed by atoms with Crippen molar-refractivity contribution in [3.8, 4) is 34.2 Å². The molecular weight excluding hydrogens is 761 g/mol. The van der Waals surface area contributed by atoms with Crippen molar-refractivity contribution in [3.63, 3.8) is 0 Å². The van der Waals surface area contributed by atoms with E-state index in [1.807, 2.05) is 97.9 Å². The zero-order chi connectivity index (χ0) is 36.8. The second-order valence-corrected chi connectivity index (χ2v) is 13.5. The van der Waals surface area contributed by atoms with Gasteiger partial charge in [0, 0.05) is 27.8 Å². The Balaban J connectivity index is 1.25. The topological polar surface area (TPSA) is 63.4 Å². The van der Waals surface area contributed by atoms with Gasteiger partial charge >= 0.3 is 0 Å². The molecule has 0 N–H and O–H groups in total. The predicted molar refractivity (Wildman–Crippen MR) is 232 cm³/mol. The van der Waals surface area contributed by atoms with Crippen LogP contribution in [0.4, 0.5) is 0 Å². The number of halogens is 1. The Morgan fingerprint density at radius 1 is 0.736 bits per heavy atom. The first kappa shape index (κ1) is 37.2. The molecule has 0 saturated carbocycles. The molecule has 1 unspecified atom stereocenters. The first-order chi connectivity index (χ1) is 26.0. The monoisotopic (exact) mass is 803 g/mol. The molecule has 1 atom stereocenters. The molecule has 0 radical (unpaired) electrons. The minimum Gasteiger partial charge on any atom is -0.258 e. The smallest absolute Gasteiger partial charge is 0.164 e. The van der Waals surface area contributed by atoms with Gasteiger partial charge in [-0.05, 0) is 59.1 Å². The lowest BCUT2D eigenvalue weighted by atomic mass is 10.0. The van der Waals surface area contributed by atoms with Gasteiger partial charge in [0.15, 0.2) is 23.3 Å². The van der Waals surface area contributed by atoms with Crippen LogP contribution >= 0.6 is 22.6 Å². The molecule has 6 rings (SSSR count). The molecule has 1 aromatic heterocycles. The van der Waals surface area contributed by atoms with Gasteiger partial charge < -0.3 is 0 Å². The summed E-state index contributed by atoms with van der Waals surface area (Å²) in [6.45, 7) is 8.63. The lowest BCUT2D eigenvalue weighted by molar-refractivity contribution is 0.640. The van der Waals surface area contributed by atoms with Crippen molar-refractivity contribution in [2.24, 2.45) is 9.98 Å². The number of allylic oxidation sites excluding steroid dienone is 10. The highest BCUT2D eigenvalue weighted by molar-refractivity contribution is 14.1. The van der Waals surface area contributed by atoms with Crippen LogP contribution in [0.1, 0.15) is 50.3 Å². The van der Waals surface area contributed by atoms with Crippen LogP contribution in [0.15, 0.2) is 192 Å². The van der Waals surface area contributed by atoms with Crippen LogP contribution in [0.5, 0.6) is 0 Å². The fraction of sp³-hybridized carbons (Fsp3) is 0.128. The normalized spacial score (nSPS) is 14.2. The minimum absolute atomic E-state index is 0.0287. The van der Waals surface area contributed by atoms with Crippen LogP contribution in [0.3, 0.4) is 0 Å². The summed E-state index contributed by atoms with van der Waals surface area (Å²) in [6.07, 6.45) is 19.4. The van der Waals surface area contributed by atoms with E-state index in [-0.39, 0.29) is 6.04 Å². The quantitative estimate of drug-likeness (QED) is 0.0546. The average Bonchev–Trinajstić information content (AvgIpc) is 3.51. The Hall–Kier alpha value is -5.60.